The molecule has 1 aromatic heterocycles. The van der Waals surface area contributed by atoms with Crippen molar-refractivity contribution in [3.05, 3.63) is 17.8 Å². The van der Waals surface area contributed by atoms with Gasteiger partial charge in [0.2, 0.25) is 5.89 Å². The number of nitrogens with zero attached hydrogens (tertiary/aromatic N) is 1. The molecule has 0 aromatic carbocycles. The Hall–Kier alpha value is -1.65. The SMILES string of the molecule is Cc1coc(CC(=O)CCCCCCCCCCCCCCCC(=O)O)n1. The third kappa shape index (κ3) is 14.1. The Balaban J connectivity index is 1.77. The van der Waals surface area contributed by atoms with E-state index in [1.807, 2.05) is 6.92 Å². The number of aryl methyl sites for hydroxylation is 1. The summed E-state index contributed by atoms with van der Waals surface area (Å²) >= 11 is 0. The van der Waals surface area contributed by atoms with Gasteiger partial charge in [0, 0.05) is 12.8 Å². The topological polar surface area (TPSA) is 80.4 Å². The average molecular weight is 380 g/mol. The minimum Gasteiger partial charge on any atom is -0.481 e. The summed E-state index contributed by atoms with van der Waals surface area (Å²) in [4.78, 5) is 26.4. The van der Waals surface area contributed by atoms with E-state index in [0.29, 0.717) is 25.2 Å². The van der Waals surface area contributed by atoms with Gasteiger partial charge >= 0.3 is 5.97 Å². The number of carbonyl (C=O) groups is 2. The number of aromatic nitrogens is 1. The number of unbranched alkanes of at least 4 members (excludes halogenated alkanes) is 12. The van der Waals surface area contributed by atoms with E-state index in [2.05, 4.69) is 4.98 Å². The number of aliphatic carboxylic acids is 1. The Kier molecular flexibility index (Phi) is 13.4. The van der Waals surface area contributed by atoms with Crippen molar-refractivity contribution in [3.8, 4) is 0 Å². The van der Waals surface area contributed by atoms with Gasteiger partial charge in [-0.15, -0.1) is 0 Å². The molecule has 0 saturated carbocycles. The van der Waals surface area contributed by atoms with Crippen LogP contribution in [0.3, 0.4) is 0 Å². The summed E-state index contributed by atoms with van der Waals surface area (Å²) in [5.41, 5.74) is 0.827. The first-order valence-electron chi connectivity index (χ1n) is 10.7. The summed E-state index contributed by atoms with van der Waals surface area (Å²) in [5, 5.41) is 8.56. The molecule has 0 unspecified atom stereocenters. The maximum Gasteiger partial charge on any atom is 0.303 e. The Morgan fingerprint density at radius 1 is 0.815 bits per heavy atom. The van der Waals surface area contributed by atoms with E-state index in [4.69, 9.17) is 9.52 Å². The smallest absolute Gasteiger partial charge is 0.303 e. The van der Waals surface area contributed by atoms with Gasteiger partial charge in [-0.1, -0.05) is 70.6 Å². The Bertz CT molecular complexity index is 524. The summed E-state index contributed by atoms with van der Waals surface area (Å²) < 4.78 is 5.21. The van der Waals surface area contributed by atoms with Gasteiger partial charge in [0.25, 0.3) is 0 Å². The van der Waals surface area contributed by atoms with Gasteiger partial charge in [-0.05, 0) is 19.8 Å². The molecule has 0 aliphatic heterocycles. The molecular formula is C22H37NO4. The second kappa shape index (κ2) is 15.4. The Labute approximate surface area is 163 Å². The molecule has 0 amide bonds. The number of hydrogen-bond donors (Lipinski definition) is 1. The first kappa shape index (κ1) is 23.4. The summed E-state index contributed by atoms with van der Waals surface area (Å²) in [6.07, 6.45) is 18.2. The molecule has 0 spiro atoms. The normalized spacial score (nSPS) is 11.0. The highest BCUT2D eigenvalue weighted by molar-refractivity contribution is 5.79. The standard InChI is InChI=1S/C22H37NO4/c1-19-18-27-21(23-19)17-20(24)15-13-11-9-7-5-3-2-4-6-8-10-12-14-16-22(25)26/h18H,2-17H2,1H3,(H,25,26). The van der Waals surface area contributed by atoms with E-state index < -0.39 is 5.97 Å². The molecule has 1 rings (SSSR count). The zero-order valence-electron chi connectivity index (χ0n) is 17.0. The third-order valence-corrected chi connectivity index (χ3v) is 4.86. The molecule has 1 N–H and O–H groups in total. The van der Waals surface area contributed by atoms with E-state index in [9.17, 15) is 9.59 Å². The van der Waals surface area contributed by atoms with Crippen LogP contribution in [0, 0.1) is 6.92 Å². The molecule has 27 heavy (non-hydrogen) atoms. The number of carboxylic acids is 1. The van der Waals surface area contributed by atoms with E-state index in [1.54, 1.807) is 6.26 Å². The minimum absolute atomic E-state index is 0.222. The number of oxazole rings is 1. The molecule has 154 valence electrons. The lowest BCUT2D eigenvalue weighted by Gasteiger charge is -2.03. The predicted molar refractivity (Wildman–Crippen MR) is 107 cm³/mol. The highest BCUT2D eigenvalue weighted by Crippen LogP contribution is 2.14. The summed E-state index contributed by atoms with van der Waals surface area (Å²) in [6.45, 7) is 1.86. The van der Waals surface area contributed by atoms with Crippen molar-refractivity contribution < 1.29 is 19.1 Å². The van der Waals surface area contributed by atoms with Crippen LogP contribution in [0.1, 0.15) is 108 Å². The lowest BCUT2D eigenvalue weighted by atomic mass is 10.0. The zero-order chi connectivity index (χ0) is 19.7. The number of carboxylic acid groups (broad SMARTS) is 1. The molecular weight excluding hydrogens is 342 g/mol. The van der Waals surface area contributed by atoms with Crippen molar-refractivity contribution in [2.24, 2.45) is 0 Å². The molecule has 1 aromatic rings. The van der Waals surface area contributed by atoms with Crippen LogP contribution in [0.5, 0.6) is 0 Å². The minimum atomic E-state index is -0.678. The first-order chi connectivity index (χ1) is 13.1. The third-order valence-electron chi connectivity index (χ3n) is 4.86. The molecule has 0 aliphatic rings. The van der Waals surface area contributed by atoms with Crippen molar-refractivity contribution in [1.29, 1.82) is 0 Å². The van der Waals surface area contributed by atoms with Crippen LogP contribution in [-0.4, -0.2) is 21.8 Å². The fraction of sp³-hybridized carbons (Fsp3) is 0.773. The molecule has 0 fully saturated rings. The monoisotopic (exact) mass is 379 g/mol. The van der Waals surface area contributed by atoms with E-state index >= 15 is 0 Å². The number of carbonyl (C=O) groups excluding carboxylic acids is 1. The Morgan fingerprint density at radius 2 is 1.26 bits per heavy atom. The Morgan fingerprint density at radius 3 is 1.67 bits per heavy atom. The van der Waals surface area contributed by atoms with Gasteiger partial charge in [0.15, 0.2) is 0 Å². The van der Waals surface area contributed by atoms with E-state index in [1.165, 1.54) is 57.8 Å². The number of ketones is 1. The largest absolute Gasteiger partial charge is 0.481 e. The van der Waals surface area contributed by atoms with E-state index in [0.717, 1.165) is 31.4 Å². The second-order valence-corrected chi connectivity index (χ2v) is 7.59. The van der Waals surface area contributed by atoms with Crippen molar-refractivity contribution >= 4 is 11.8 Å². The highest BCUT2D eigenvalue weighted by atomic mass is 16.4. The highest BCUT2D eigenvalue weighted by Gasteiger charge is 2.08. The van der Waals surface area contributed by atoms with Crippen LogP contribution in [0.4, 0.5) is 0 Å². The van der Waals surface area contributed by atoms with E-state index in [-0.39, 0.29) is 5.78 Å². The van der Waals surface area contributed by atoms with Crippen molar-refractivity contribution in [2.45, 2.75) is 110 Å². The molecule has 0 saturated heterocycles. The first-order valence-corrected chi connectivity index (χ1v) is 10.7. The van der Waals surface area contributed by atoms with Gasteiger partial charge in [-0.25, -0.2) is 4.98 Å². The van der Waals surface area contributed by atoms with Crippen LogP contribution in [-0.2, 0) is 16.0 Å². The lowest BCUT2D eigenvalue weighted by Crippen LogP contribution is -2.02. The molecule has 0 aliphatic carbocycles. The fourth-order valence-electron chi connectivity index (χ4n) is 3.28. The van der Waals surface area contributed by atoms with Crippen molar-refractivity contribution in [2.75, 3.05) is 0 Å². The van der Waals surface area contributed by atoms with Gasteiger partial charge in [-0.2, -0.15) is 0 Å². The number of rotatable bonds is 18. The van der Waals surface area contributed by atoms with Gasteiger partial charge in [0.1, 0.15) is 12.0 Å². The van der Waals surface area contributed by atoms with Crippen LogP contribution >= 0.6 is 0 Å². The summed E-state index contributed by atoms with van der Waals surface area (Å²) in [5.74, 6) is 0.0837. The average Bonchev–Trinajstić information content (AvgIpc) is 3.02. The lowest BCUT2D eigenvalue weighted by molar-refractivity contribution is -0.137. The number of hydrogen-bond acceptors (Lipinski definition) is 4. The van der Waals surface area contributed by atoms with Crippen LogP contribution in [0.25, 0.3) is 0 Å². The molecule has 0 atom stereocenters. The quantitative estimate of drug-likeness (QED) is 0.315. The van der Waals surface area contributed by atoms with Crippen molar-refractivity contribution in [1.82, 2.24) is 4.98 Å². The summed E-state index contributed by atoms with van der Waals surface area (Å²) in [6, 6.07) is 0. The predicted octanol–water partition coefficient (Wildman–Crippen LogP) is 6.03. The maximum absolute atomic E-state index is 11.8. The molecule has 5 nitrogen and oxygen atoms in total. The van der Waals surface area contributed by atoms with Crippen LogP contribution < -0.4 is 0 Å². The zero-order valence-corrected chi connectivity index (χ0v) is 17.0. The number of Topliss-reactive ketones (excluding diaryl/α,β-unsaturated/α-hetero) is 1. The second-order valence-electron chi connectivity index (χ2n) is 7.59. The molecule has 1 heterocycles. The van der Waals surface area contributed by atoms with Gasteiger partial charge < -0.3 is 9.52 Å². The van der Waals surface area contributed by atoms with Crippen LogP contribution in [0.2, 0.25) is 0 Å². The maximum atomic E-state index is 11.8. The fourth-order valence-corrected chi connectivity index (χ4v) is 3.28. The van der Waals surface area contributed by atoms with Gasteiger partial charge in [-0.3, -0.25) is 9.59 Å². The molecule has 0 bridgehead atoms. The van der Waals surface area contributed by atoms with Gasteiger partial charge in [0.05, 0.1) is 12.1 Å². The van der Waals surface area contributed by atoms with Crippen molar-refractivity contribution in [3.63, 3.8) is 0 Å². The molecule has 5 heteroatoms. The molecule has 0 radical (unpaired) electrons. The van der Waals surface area contributed by atoms with Crippen LogP contribution in [0.15, 0.2) is 10.7 Å². The summed E-state index contributed by atoms with van der Waals surface area (Å²) in [7, 11) is 0.